The van der Waals surface area contributed by atoms with Gasteiger partial charge in [-0.2, -0.15) is 0 Å². The zero-order valence-electron chi connectivity index (χ0n) is 11.3. The lowest BCUT2D eigenvalue weighted by atomic mass is 10.0. The lowest BCUT2D eigenvalue weighted by molar-refractivity contribution is 0.696. The average molecular weight is 253 g/mol. The number of benzene rings is 1. The first kappa shape index (κ1) is 12.2. The summed E-state index contributed by atoms with van der Waals surface area (Å²) in [7, 11) is 0. The van der Waals surface area contributed by atoms with Gasteiger partial charge in [-0.15, -0.1) is 0 Å². The molecule has 0 radical (unpaired) electrons. The summed E-state index contributed by atoms with van der Waals surface area (Å²) in [5.41, 5.74) is 9.34. The van der Waals surface area contributed by atoms with Gasteiger partial charge in [-0.05, 0) is 25.3 Å². The predicted molar refractivity (Wildman–Crippen MR) is 77.8 cm³/mol. The Morgan fingerprint density at radius 1 is 1.11 bits per heavy atom. The summed E-state index contributed by atoms with van der Waals surface area (Å²) in [6.45, 7) is 2.08. The molecule has 1 aromatic heterocycles. The van der Waals surface area contributed by atoms with Gasteiger partial charge in [0.2, 0.25) is 0 Å². The molecule has 2 N–H and O–H groups in total. The molecular weight excluding hydrogens is 234 g/mol. The van der Waals surface area contributed by atoms with Crippen molar-refractivity contribution in [2.45, 2.75) is 38.5 Å². The molecule has 1 aliphatic carbocycles. The molecule has 1 heterocycles. The summed E-state index contributed by atoms with van der Waals surface area (Å²) >= 11 is 0. The van der Waals surface area contributed by atoms with E-state index < -0.39 is 0 Å². The van der Waals surface area contributed by atoms with Crippen molar-refractivity contribution in [3.8, 4) is 11.4 Å². The van der Waals surface area contributed by atoms with Crippen molar-refractivity contribution in [1.29, 1.82) is 0 Å². The van der Waals surface area contributed by atoms with Gasteiger partial charge in [-0.3, -0.25) is 0 Å². The van der Waals surface area contributed by atoms with E-state index in [4.69, 9.17) is 10.7 Å². The number of anilines is 1. The first-order valence-electron chi connectivity index (χ1n) is 6.94. The third kappa shape index (κ3) is 2.46. The summed E-state index contributed by atoms with van der Waals surface area (Å²) in [5, 5.41) is 0. The van der Waals surface area contributed by atoms with Gasteiger partial charge in [0, 0.05) is 23.2 Å². The smallest absolute Gasteiger partial charge is 0.162 e. The van der Waals surface area contributed by atoms with Crippen LogP contribution in [0.15, 0.2) is 30.3 Å². The zero-order valence-corrected chi connectivity index (χ0v) is 11.3. The van der Waals surface area contributed by atoms with E-state index in [1.807, 2.05) is 18.2 Å². The molecule has 1 fully saturated rings. The topological polar surface area (TPSA) is 51.8 Å². The van der Waals surface area contributed by atoms with Crippen molar-refractivity contribution in [2.24, 2.45) is 0 Å². The number of nitrogens with two attached hydrogens (primary N) is 1. The van der Waals surface area contributed by atoms with Crippen molar-refractivity contribution in [3.05, 3.63) is 41.6 Å². The Bertz CT molecular complexity index is 586. The fourth-order valence-corrected chi connectivity index (χ4v) is 2.86. The van der Waals surface area contributed by atoms with Crippen molar-refractivity contribution in [2.75, 3.05) is 5.73 Å². The number of nitrogens with zero attached hydrogens (tertiary/aromatic N) is 2. The Kier molecular flexibility index (Phi) is 3.20. The van der Waals surface area contributed by atoms with Gasteiger partial charge in [0.05, 0.1) is 0 Å². The molecule has 19 heavy (non-hydrogen) atoms. The quantitative estimate of drug-likeness (QED) is 0.888. The number of rotatable bonds is 2. The Balaban J connectivity index is 2.04. The summed E-state index contributed by atoms with van der Waals surface area (Å²) in [6.07, 6.45) is 5.05. The molecule has 3 rings (SSSR count). The monoisotopic (exact) mass is 253 g/mol. The predicted octanol–water partition coefficient (Wildman–Crippen LogP) is 3.69. The minimum absolute atomic E-state index is 0.563. The highest BCUT2D eigenvalue weighted by molar-refractivity contribution is 5.61. The molecule has 0 atom stereocenters. The SMILES string of the molecule is Cc1ccccc1-c1nc(N)cc(C2CCCC2)n1. The molecule has 3 nitrogen and oxygen atoms in total. The minimum atomic E-state index is 0.563. The second-order valence-corrected chi connectivity index (χ2v) is 5.34. The normalized spacial score (nSPS) is 15.8. The van der Waals surface area contributed by atoms with Crippen LogP contribution in [0, 0.1) is 6.92 Å². The van der Waals surface area contributed by atoms with Gasteiger partial charge in [0.25, 0.3) is 0 Å². The number of hydrogen-bond acceptors (Lipinski definition) is 3. The fourth-order valence-electron chi connectivity index (χ4n) is 2.86. The highest BCUT2D eigenvalue weighted by Crippen LogP contribution is 2.34. The van der Waals surface area contributed by atoms with Crippen LogP contribution in [0.4, 0.5) is 5.82 Å². The van der Waals surface area contributed by atoms with Crippen LogP contribution in [0.1, 0.15) is 42.9 Å². The lowest BCUT2D eigenvalue weighted by Gasteiger charge is -2.12. The second-order valence-electron chi connectivity index (χ2n) is 5.34. The van der Waals surface area contributed by atoms with E-state index in [0.29, 0.717) is 11.7 Å². The Labute approximate surface area is 113 Å². The lowest BCUT2D eigenvalue weighted by Crippen LogP contribution is -2.04. The molecule has 0 unspecified atom stereocenters. The van der Waals surface area contributed by atoms with Crippen LogP contribution >= 0.6 is 0 Å². The first-order valence-corrected chi connectivity index (χ1v) is 6.94. The van der Waals surface area contributed by atoms with Crippen molar-refractivity contribution in [1.82, 2.24) is 9.97 Å². The van der Waals surface area contributed by atoms with E-state index in [1.165, 1.54) is 31.2 Å². The fraction of sp³-hybridized carbons (Fsp3) is 0.375. The van der Waals surface area contributed by atoms with E-state index in [-0.39, 0.29) is 0 Å². The van der Waals surface area contributed by atoms with Gasteiger partial charge in [-0.1, -0.05) is 37.1 Å². The van der Waals surface area contributed by atoms with E-state index >= 15 is 0 Å². The summed E-state index contributed by atoms with van der Waals surface area (Å²) < 4.78 is 0. The van der Waals surface area contributed by atoms with Gasteiger partial charge in [0.15, 0.2) is 5.82 Å². The molecule has 1 aliphatic rings. The number of hydrogen-bond donors (Lipinski definition) is 1. The summed E-state index contributed by atoms with van der Waals surface area (Å²) in [5.74, 6) is 1.91. The van der Waals surface area contributed by atoms with Gasteiger partial charge in [-0.25, -0.2) is 9.97 Å². The third-order valence-electron chi connectivity index (χ3n) is 3.93. The van der Waals surface area contributed by atoms with Gasteiger partial charge < -0.3 is 5.73 Å². The van der Waals surface area contributed by atoms with Crippen molar-refractivity contribution >= 4 is 5.82 Å². The van der Waals surface area contributed by atoms with Crippen LogP contribution in [0.2, 0.25) is 0 Å². The van der Waals surface area contributed by atoms with Crippen LogP contribution in [-0.4, -0.2) is 9.97 Å². The van der Waals surface area contributed by atoms with E-state index in [1.54, 1.807) is 0 Å². The zero-order chi connectivity index (χ0) is 13.2. The maximum absolute atomic E-state index is 5.96. The Morgan fingerprint density at radius 3 is 2.58 bits per heavy atom. The Morgan fingerprint density at radius 2 is 1.84 bits per heavy atom. The van der Waals surface area contributed by atoms with Crippen LogP contribution in [0.5, 0.6) is 0 Å². The van der Waals surface area contributed by atoms with Crippen LogP contribution < -0.4 is 5.73 Å². The molecule has 0 bridgehead atoms. The molecule has 0 spiro atoms. The molecule has 98 valence electrons. The van der Waals surface area contributed by atoms with Crippen LogP contribution in [0.25, 0.3) is 11.4 Å². The molecule has 0 aliphatic heterocycles. The summed E-state index contributed by atoms with van der Waals surface area (Å²) in [6, 6.07) is 10.1. The highest BCUT2D eigenvalue weighted by Gasteiger charge is 2.20. The van der Waals surface area contributed by atoms with Gasteiger partial charge >= 0.3 is 0 Å². The number of nitrogen functional groups attached to an aromatic ring is 1. The molecule has 1 aromatic carbocycles. The van der Waals surface area contributed by atoms with Crippen LogP contribution in [-0.2, 0) is 0 Å². The molecule has 1 saturated carbocycles. The first-order chi connectivity index (χ1) is 9.24. The standard InChI is InChI=1S/C16H19N3/c1-11-6-2-5-9-13(11)16-18-14(10-15(17)19-16)12-7-3-4-8-12/h2,5-6,9-10,12H,3-4,7-8H2,1H3,(H2,17,18,19). The largest absolute Gasteiger partial charge is 0.384 e. The average Bonchev–Trinajstić information content (AvgIpc) is 2.92. The third-order valence-corrected chi connectivity index (χ3v) is 3.93. The molecular formula is C16H19N3. The molecule has 3 heteroatoms. The molecule has 0 saturated heterocycles. The van der Waals surface area contributed by atoms with Crippen molar-refractivity contribution < 1.29 is 0 Å². The second kappa shape index (κ2) is 5.00. The van der Waals surface area contributed by atoms with Crippen molar-refractivity contribution in [3.63, 3.8) is 0 Å². The molecule has 0 amide bonds. The number of aryl methyl sites for hydroxylation is 1. The van der Waals surface area contributed by atoms with E-state index in [9.17, 15) is 0 Å². The van der Waals surface area contributed by atoms with E-state index in [0.717, 1.165) is 17.1 Å². The Hall–Kier alpha value is -1.90. The van der Waals surface area contributed by atoms with E-state index in [2.05, 4.69) is 24.0 Å². The summed E-state index contributed by atoms with van der Waals surface area (Å²) in [4.78, 5) is 9.16. The molecule has 2 aromatic rings. The van der Waals surface area contributed by atoms with Gasteiger partial charge in [0.1, 0.15) is 5.82 Å². The maximum atomic E-state index is 5.96. The minimum Gasteiger partial charge on any atom is -0.384 e. The maximum Gasteiger partial charge on any atom is 0.162 e. The number of aromatic nitrogens is 2. The highest BCUT2D eigenvalue weighted by atomic mass is 14.9. The van der Waals surface area contributed by atoms with Crippen LogP contribution in [0.3, 0.4) is 0 Å².